The van der Waals surface area contributed by atoms with Gasteiger partial charge in [0, 0.05) is 25.4 Å². The molecule has 0 aromatic carbocycles. The normalized spacial score (nSPS) is 16.8. The molecular formula is C14H25NO3. The van der Waals surface area contributed by atoms with Gasteiger partial charge >= 0.3 is 5.97 Å². The van der Waals surface area contributed by atoms with E-state index in [2.05, 4.69) is 0 Å². The molecule has 1 aliphatic rings. The van der Waals surface area contributed by atoms with Crippen molar-refractivity contribution in [1.29, 1.82) is 0 Å². The molecule has 0 aromatic heterocycles. The van der Waals surface area contributed by atoms with E-state index in [0.29, 0.717) is 18.9 Å². The Hall–Kier alpha value is -1.06. The van der Waals surface area contributed by atoms with Crippen LogP contribution in [0.15, 0.2) is 0 Å². The third-order valence-electron chi connectivity index (χ3n) is 4.16. The maximum absolute atomic E-state index is 12.4. The van der Waals surface area contributed by atoms with E-state index in [1.54, 1.807) is 11.9 Å². The fourth-order valence-corrected chi connectivity index (χ4v) is 2.88. The van der Waals surface area contributed by atoms with Crippen LogP contribution in [0.3, 0.4) is 0 Å². The molecule has 1 aliphatic carbocycles. The maximum atomic E-state index is 12.4. The largest absolute Gasteiger partial charge is 0.481 e. The first kappa shape index (κ1) is 15.0. The van der Waals surface area contributed by atoms with Gasteiger partial charge < -0.3 is 10.0 Å². The van der Waals surface area contributed by atoms with E-state index in [4.69, 9.17) is 5.11 Å². The number of carboxylic acid groups (broad SMARTS) is 1. The van der Waals surface area contributed by atoms with Crippen molar-refractivity contribution in [2.45, 2.75) is 52.4 Å². The zero-order chi connectivity index (χ0) is 13.8. The summed E-state index contributed by atoms with van der Waals surface area (Å²) in [6.07, 6.45) is 5.39. The highest BCUT2D eigenvalue weighted by atomic mass is 16.4. The number of hydrogen-bond acceptors (Lipinski definition) is 2. The topological polar surface area (TPSA) is 57.6 Å². The molecule has 0 atom stereocenters. The molecule has 0 heterocycles. The lowest BCUT2D eigenvalue weighted by molar-refractivity contribution is -0.143. The number of carbonyl (C=O) groups is 2. The summed E-state index contributed by atoms with van der Waals surface area (Å²) in [6, 6.07) is 0. The van der Waals surface area contributed by atoms with Crippen molar-refractivity contribution in [3.63, 3.8) is 0 Å². The third-order valence-corrected chi connectivity index (χ3v) is 4.16. The Morgan fingerprint density at radius 1 is 1.28 bits per heavy atom. The quantitative estimate of drug-likeness (QED) is 0.793. The zero-order valence-electron chi connectivity index (χ0n) is 11.7. The minimum absolute atomic E-state index is 0.126. The highest BCUT2D eigenvalue weighted by molar-refractivity contribution is 5.82. The molecule has 1 saturated carbocycles. The summed E-state index contributed by atoms with van der Waals surface area (Å²) in [5.41, 5.74) is -0.311. The minimum Gasteiger partial charge on any atom is -0.481 e. The lowest BCUT2D eigenvalue weighted by Gasteiger charge is -2.34. The SMILES string of the molecule is CN(CCCC(=O)O)C(=O)C(C)(C)C1CCCC1. The van der Waals surface area contributed by atoms with Crippen LogP contribution in [0, 0.1) is 11.3 Å². The van der Waals surface area contributed by atoms with Gasteiger partial charge in [0.05, 0.1) is 0 Å². The zero-order valence-corrected chi connectivity index (χ0v) is 11.7. The number of aliphatic carboxylic acids is 1. The first-order chi connectivity index (χ1) is 8.35. The van der Waals surface area contributed by atoms with Crippen LogP contribution in [0.2, 0.25) is 0 Å². The highest BCUT2D eigenvalue weighted by Crippen LogP contribution is 2.40. The molecule has 0 spiro atoms. The number of nitrogens with zero attached hydrogens (tertiary/aromatic N) is 1. The Kier molecular flexibility index (Phi) is 5.17. The molecule has 104 valence electrons. The first-order valence-corrected chi connectivity index (χ1v) is 6.83. The number of carbonyl (C=O) groups excluding carboxylic acids is 1. The van der Waals surface area contributed by atoms with Crippen molar-refractivity contribution >= 4 is 11.9 Å². The molecule has 4 nitrogen and oxygen atoms in total. The summed E-state index contributed by atoms with van der Waals surface area (Å²) in [4.78, 5) is 24.6. The van der Waals surface area contributed by atoms with E-state index in [-0.39, 0.29) is 17.7 Å². The molecule has 0 aliphatic heterocycles. The van der Waals surface area contributed by atoms with Crippen molar-refractivity contribution in [2.75, 3.05) is 13.6 Å². The van der Waals surface area contributed by atoms with Gasteiger partial charge in [0.1, 0.15) is 0 Å². The van der Waals surface area contributed by atoms with Crippen molar-refractivity contribution in [2.24, 2.45) is 11.3 Å². The van der Waals surface area contributed by atoms with Gasteiger partial charge in [-0.25, -0.2) is 0 Å². The monoisotopic (exact) mass is 255 g/mol. The summed E-state index contributed by atoms with van der Waals surface area (Å²) in [5.74, 6) is -0.169. The lowest BCUT2D eigenvalue weighted by atomic mass is 9.76. The second-order valence-electron chi connectivity index (χ2n) is 5.93. The van der Waals surface area contributed by atoms with Gasteiger partial charge in [-0.15, -0.1) is 0 Å². The molecule has 1 amide bonds. The molecular weight excluding hydrogens is 230 g/mol. The first-order valence-electron chi connectivity index (χ1n) is 6.83. The van der Waals surface area contributed by atoms with E-state index in [0.717, 1.165) is 12.8 Å². The van der Waals surface area contributed by atoms with Crippen molar-refractivity contribution in [3.8, 4) is 0 Å². The average molecular weight is 255 g/mol. The Morgan fingerprint density at radius 2 is 1.83 bits per heavy atom. The van der Waals surface area contributed by atoms with E-state index in [9.17, 15) is 9.59 Å². The fourth-order valence-electron chi connectivity index (χ4n) is 2.88. The molecule has 0 saturated heterocycles. The third kappa shape index (κ3) is 3.72. The average Bonchev–Trinajstić information content (AvgIpc) is 2.81. The Morgan fingerprint density at radius 3 is 2.33 bits per heavy atom. The van der Waals surface area contributed by atoms with Gasteiger partial charge in [-0.1, -0.05) is 26.7 Å². The van der Waals surface area contributed by atoms with Crippen molar-refractivity contribution < 1.29 is 14.7 Å². The summed E-state index contributed by atoms with van der Waals surface area (Å²) in [6.45, 7) is 4.58. The maximum Gasteiger partial charge on any atom is 0.303 e. The van der Waals surface area contributed by atoms with Crippen LogP contribution in [0.1, 0.15) is 52.4 Å². The van der Waals surface area contributed by atoms with Crippen molar-refractivity contribution in [1.82, 2.24) is 4.90 Å². The second-order valence-corrected chi connectivity index (χ2v) is 5.93. The van der Waals surface area contributed by atoms with Gasteiger partial charge in [-0.2, -0.15) is 0 Å². The van der Waals surface area contributed by atoms with Gasteiger partial charge in [0.25, 0.3) is 0 Å². The van der Waals surface area contributed by atoms with E-state index >= 15 is 0 Å². The summed E-state index contributed by atoms with van der Waals surface area (Å²) in [7, 11) is 1.78. The van der Waals surface area contributed by atoms with Crippen LogP contribution in [-0.4, -0.2) is 35.5 Å². The minimum atomic E-state index is -0.800. The molecule has 1 N–H and O–H groups in total. The predicted octanol–water partition coefficient (Wildman–Crippen LogP) is 2.53. The molecule has 18 heavy (non-hydrogen) atoms. The molecule has 0 aromatic rings. The summed E-state index contributed by atoms with van der Waals surface area (Å²) < 4.78 is 0. The Balaban J connectivity index is 2.48. The Bertz CT molecular complexity index is 306. The number of hydrogen-bond donors (Lipinski definition) is 1. The van der Waals surface area contributed by atoms with E-state index < -0.39 is 5.97 Å². The van der Waals surface area contributed by atoms with Crippen LogP contribution in [0.4, 0.5) is 0 Å². The summed E-state index contributed by atoms with van der Waals surface area (Å²) in [5, 5.41) is 8.59. The molecule has 1 fully saturated rings. The van der Waals surface area contributed by atoms with E-state index in [1.165, 1.54) is 12.8 Å². The summed E-state index contributed by atoms with van der Waals surface area (Å²) >= 11 is 0. The van der Waals surface area contributed by atoms with Gasteiger partial charge in [-0.05, 0) is 25.2 Å². The highest BCUT2D eigenvalue weighted by Gasteiger charge is 2.39. The van der Waals surface area contributed by atoms with Crippen LogP contribution >= 0.6 is 0 Å². The fraction of sp³-hybridized carbons (Fsp3) is 0.857. The second kappa shape index (κ2) is 6.21. The van der Waals surface area contributed by atoms with Crippen LogP contribution in [0.5, 0.6) is 0 Å². The number of amides is 1. The molecule has 0 radical (unpaired) electrons. The molecule has 1 rings (SSSR count). The van der Waals surface area contributed by atoms with Gasteiger partial charge in [-0.3, -0.25) is 9.59 Å². The smallest absolute Gasteiger partial charge is 0.303 e. The molecule has 0 bridgehead atoms. The standard InChI is InChI=1S/C14H25NO3/c1-14(2,11-7-4-5-8-11)13(18)15(3)10-6-9-12(16)17/h11H,4-10H2,1-3H3,(H,16,17). The molecule has 4 heteroatoms. The molecule has 0 unspecified atom stereocenters. The predicted molar refractivity (Wildman–Crippen MR) is 70.2 cm³/mol. The lowest BCUT2D eigenvalue weighted by Crippen LogP contribution is -2.42. The van der Waals surface area contributed by atoms with E-state index in [1.807, 2.05) is 13.8 Å². The van der Waals surface area contributed by atoms with Crippen LogP contribution in [-0.2, 0) is 9.59 Å². The number of carboxylic acids is 1. The Labute approximate surface area is 109 Å². The van der Waals surface area contributed by atoms with Crippen molar-refractivity contribution in [3.05, 3.63) is 0 Å². The van der Waals surface area contributed by atoms with Crippen LogP contribution < -0.4 is 0 Å². The van der Waals surface area contributed by atoms with Gasteiger partial charge in [0.2, 0.25) is 5.91 Å². The van der Waals surface area contributed by atoms with Gasteiger partial charge in [0.15, 0.2) is 0 Å². The number of rotatable bonds is 6. The van der Waals surface area contributed by atoms with Crippen LogP contribution in [0.25, 0.3) is 0 Å².